The minimum Gasteiger partial charge on any atom is -0.310 e. The lowest BCUT2D eigenvalue weighted by atomic mass is 10.00. The summed E-state index contributed by atoms with van der Waals surface area (Å²) in [6.45, 7) is 0. The van der Waals surface area contributed by atoms with Crippen molar-refractivity contribution in [1.29, 1.82) is 0 Å². The van der Waals surface area contributed by atoms with Gasteiger partial charge in [0.25, 0.3) is 0 Å². The quantitative estimate of drug-likeness (QED) is 0.162. The molecule has 9 aromatic carbocycles. The van der Waals surface area contributed by atoms with E-state index < -0.39 is 0 Å². The van der Waals surface area contributed by atoms with Crippen LogP contribution in [0.15, 0.2) is 218 Å². The Labute approximate surface area is 315 Å². The molecule has 0 bridgehead atoms. The lowest BCUT2D eigenvalue weighted by molar-refractivity contribution is 1.20. The third kappa shape index (κ3) is 5.53. The summed E-state index contributed by atoms with van der Waals surface area (Å²) in [7, 11) is 0. The fourth-order valence-electron chi connectivity index (χ4n) is 8.01. The van der Waals surface area contributed by atoms with Crippen LogP contribution in [-0.4, -0.2) is 4.57 Å². The Kier molecular flexibility index (Phi) is 7.85. The number of benzene rings is 9. The third-order valence-electron chi connectivity index (χ3n) is 10.6. The van der Waals surface area contributed by atoms with Crippen LogP contribution in [0.5, 0.6) is 0 Å². The Morgan fingerprint density at radius 3 is 1.57 bits per heavy atom. The molecule has 0 aliphatic rings. The Hall–Kier alpha value is -7.16. The van der Waals surface area contributed by atoms with Gasteiger partial charge in [-0.1, -0.05) is 164 Å². The summed E-state index contributed by atoms with van der Waals surface area (Å²) in [6, 6.07) is 78.8. The van der Waals surface area contributed by atoms with E-state index in [0.717, 1.165) is 17.1 Å². The van der Waals surface area contributed by atoms with Crippen molar-refractivity contribution in [2.24, 2.45) is 0 Å². The lowest BCUT2D eigenvalue weighted by Gasteiger charge is -2.28. The summed E-state index contributed by atoms with van der Waals surface area (Å²) in [6.07, 6.45) is 0. The van der Waals surface area contributed by atoms with Gasteiger partial charge in [-0.2, -0.15) is 0 Å². The highest BCUT2D eigenvalue weighted by atomic mass is 15.1. The molecule has 0 atom stereocenters. The molecule has 0 aliphatic carbocycles. The van der Waals surface area contributed by atoms with E-state index in [9.17, 15) is 0 Å². The molecular formula is C52H36N2. The Bertz CT molecular complexity index is 2900. The number of rotatable bonds is 7. The first-order valence-electron chi connectivity index (χ1n) is 18.5. The van der Waals surface area contributed by atoms with Crippen LogP contribution in [0.25, 0.3) is 71.6 Å². The van der Waals surface area contributed by atoms with Crippen LogP contribution in [0.4, 0.5) is 17.1 Å². The van der Waals surface area contributed by atoms with Gasteiger partial charge in [0.05, 0.1) is 22.4 Å². The van der Waals surface area contributed by atoms with E-state index in [-0.39, 0.29) is 0 Å². The minimum atomic E-state index is 1.10. The first-order chi connectivity index (χ1) is 26.8. The predicted molar refractivity (Wildman–Crippen MR) is 229 cm³/mol. The van der Waals surface area contributed by atoms with Gasteiger partial charge < -0.3 is 9.47 Å². The average Bonchev–Trinajstić information content (AvgIpc) is 3.58. The van der Waals surface area contributed by atoms with E-state index in [1.165, 1.54) is 71.6 Å². The maximum atomic E-state index is 2.42. The van der Waals surface area contributed by atoms with E-state index in [1.54, 1.807) is 0 Å². The SMILES string of the molecule is c1ccc(-c2ccc(N(c3ccc(-c4ccc5c(c4)c4ccccc4n5-c4cccc5ccccc45)cc3)c3ccccc3-c3ccccc3)cc2)cc1. The van der Waals surface area contributed by atoms with Crippen molar-refractivity contribution in [3.8, 4) is 39.1 Å². The average molecular weight is 689 g/mol. The molecule has 0 radical (unpaired) electrons. The van der Waals surface area contributed by atoms with Crippen LogP contribution in [0.1, 0.15) is 0 Å². The molecule has 1 heterocycles. The first kappa shape index (κ1) is 31.6. The van der Waals surface area contributed by atoms with E-state index >= 15 is 0 Å². The molecular weight excluding hydrogens is 653 g/mol. The van der Waals surface area contributed by atoms with Gasteiger partial charge in [0.15, 0.2) is 0 Å². The van der Waals surface area contributed by atoms with Gasteiger partial charge in [0, 0.05) is 33.1 Å². The van der Waals surface area contributed by atoms with Gasteiger partial charge in [-0.3, -0.25) is 0 Å². The summed E-state index contributed by atoms with van der Waals surface area (Å²) < 4.78 is 2.42. The molecule has 0 aliphatic heterocycles. The van der Waals surface area contributed by atoms with Gasteiger partial charge in [-0.15, -0.1) is 0 Å². The molecule has 0 amide bonds. The molecule has 54 heavy (non-hydrogen) atoms. The first-order valence-corrected chi connectivity index (χ1v) is 18.5. The molecule has 0 spiro atoms. The van der Waals surface area contributed by atoms with Gasteiger partial charge in [0.1, 0.15) is 0 Å². The number of para-hydroxylation sites is 2. The Balaban J connectivity index is 1.08. The fraction of sp³-hybridized carbons (Fsp3) is 0. The molecule has 0 fully saturated rings. The van der Waals surface area contributed by atoms with E-state index in [1.807, 2.05) is 0 Å². The van der Waals surface area contributed by atoms with Gasteiger partial charge >= 0.3 is 0 Å². The maximum Gasteiger partial charge on any atom is 0.0541 e. The normalized spacial score (nSPS) is 11.3. The molecule has 2 heteroatoms. The topological polar surface area (TPSA) is 8.17 Å². The highest BCUT2D eigenvalue weighted by Crippen LogP contribution is 2.42. The monoisotopic (exact) mass is 688 g/mol. The summed E-state index contributed by atoms with van der Waals surface area (Å²) >= 11 is 0. The van der Waals surface area contributed by atoms with Gasteiger partial charge in [-0.25, -0.2) is 0 Å². The van der Waals surface area contributed by atoms with Crippen LogP contribution >= 0.6 is 0 Å². The summed E-state index contributed by atoms with van der Waals surface area (Å²) in [4.78, 5) is 2.38. The molecule has 0 N–H and O–H groups in total. The fourth-order valence-corrected chi connectivity index (χ4v) is 8.01. The second kappa shape index (κ2) is 13.4. The van der Waals surface area contributed by atoms with Crippen molar-refractivity contribution in [2.45, 2.75) is 0 Å². The molecule has 10 rings (SSSR count). The number of hydrogen-bond donors (Lipinski definition) is 0. The van der Waals surface area contributed by atoms with Crippen LogP contribution in [0.2, 0.25) is 0 Å². The highest BCUT2D eigenvalue weighted by Gasteiger charge is 2.19. The van der Waals surface area contributed by atoms with Crippen molar-refractivity contribution in [2.75, 3.05) is 4.90 Å². The molecule has 10 aromatic rings. The Morgan fingerprint density at radius 1 is 0.315 bits per heavy atom. The second-order valence-corrected chi connectivity index (χ2v) is 13.8. The van der Waals surface area contributed by atoms with Crippen LogP contribution in [-0.2, 0) is 0 Å². The van der Waals surface area contributed by atoms with Crippen LogP contribution < -0.4 is 4.90 Å². The largest absolute Gasteiger partial charge is 0.310 e. The van der Waals surface area contributed by atoms with Gasteiger partial charge in [-0.05, 0) is 87.8 Å². The summed E-state index contributed by atoms with van der Waals surface area (Å²) in [5, 5.41) is 4.99. The van der Waals surface area contributed by atoms with Crippen molar-refractivity contribution in [1.82, 2.24) is 4.57 Å². The van der Waals surface area contributed by atoms with Crippen molar-refractivity contribution >= 4 is 49.6 Å². The molecule has 0 unspecified atom stereocenters. The van der Waals surface area contributed by atoms with Crippen LogP contribution in [0, 0.1) is 0 Å². The van der Waals surface area contributed by atoms with E-state index in [0.29, 0.717) is 0 Å². The minimum absolute atomic E-state index is 1.10. The molecule has 2 nitrogen and oxygen atoms in total. The maximum absolute atomic E-state index is 2.42. The number of nitrogens with zero attached hydrogens (tertiary/aromatic N) is 2. The number of anilines is 3. The zero-order valence-corrected chi connectivity index (χ0v) is 29.7. The van der Waals surface area contributed by atoms with E-state index in [4.69, 9.17) is 0 Å². The number of fused-ring (bicyclic) bond motifs is 4. The standard InChI is InChI=1S/C52H36N2/c1-3-14-37(15-4-1)38-26-31-43(32-27-38)53(49-23-11-9-21-45(49)40-16-5-2-6-17-40)44-33-28-39(29-34-44)42-30-35-52-48(36-42)47-22-10-12-24-51(47)54(52)50-25-13-19-41-18-7-8-20-46(41)50/h1-36H. The molecule has 254 valence electrons. The predicted octanol–water partition coefficient (Wildman–Crippen LogP) is 14.4. The van der Waals surface area contributed by atoms with Crippen molar-refractivity contribution in [3.05, 3.63) is 218 Å². The van der Waals surface area contributed by atoms with Crippen LogP contribution in [0.3, 0.4) is 0 Å². The zero-order chi connectivity index (χ0) is 35.8. The van der Waals surface area contributed by atoms with Crippen molar-refractivity contribution in [3.63, 3.8) is 0 Å². The van der Waals surface area contributed by atoms with E-state index in [2.05, 4.69) is 228 Å². The number of aromatic nitrogens is 1. The third-order valence-corrected chi connectivity index (χ3v) is 10.6. The molecule has 0 saturated heterocycles. The molecule has 1 aromatic heterocycles. The zero-order valence-electron chi connectivity index (χ0n) is 29.7. The van der Waals surface area contributed by atoms with Gasteiger partial charge in [0.2, 0.25) is 0 Å². The second-order valence-electron chi connectivity index (χ2n) is 13.8. The summed E-state index contributed by atoms with van der Waals surface area (Å²) in [5.41, 5.74) is 14.1. The Morgan fingerprint density at radius 2 is 0.833 bits per heavy atom. The lowest BCUT2D eigenvalue weighted by Crippen LogP contribution is -2.11. The van der Waals surface area contributed by atoms with Crippen molar-refractivity contribution < 1.29 is 0 Å². The summed E-state index contributed by atoms with van der Waals surface area (Å²) in [5.74, 6) is 0. The number of hydrogen-bond acceptors (Lipinski definition) is 1. The highest BCUT2D eigenvalue weighted by molar-refractivity contribution is 6.11. The molecule has 0 saturated carbocycles. The smallest absolute Gasteiger partial charge is 0.0541 e.